The summed E-state index contributed by atoms with van der Waals surface area (Å²) in [6.07, 6.45) is 6.41. The number of carbonyl (C=O) groups excluding carboxylic acids is 1. The molecule has 0 bridgehead atoms. The van der Waals surface area contributed by atoms with E-state index in [0.717, 1.165) is 43.6 Å². The number of likely N-dealkylation sites (tertiary alicyclic amines) is 1. The maximum Gasteiger partial charge on any atom is 0.258 e. The average molecular weight is 443 g/mol. The number of aromatic nitrogens is 5. The van der Waals surface area contributed by atoms with Gasteiger partial charge in [0, 0.05) is 24.8 Å². The summed E-state index contributed by atoms with van der Waals surface area (Å²) in [5.74, 6) is 2.23. The van der Waals surface area contributed by atoms with E-state index in [0.29, 0.717) is 29.0 Å². The standard InChI is InChI=1S/C25H26N6O2/c1-17-22(25(32)30-12-9-20(10-13-30)14-19-6-4-3-5-7-19)16-27-31(17)23-15-21(8-11-26-23)24-28-18(2)29-33-24/h3-8,11,15-16,20H,9-10,12-14H2,1-2H3. The number of hydrogen-bond acceptors (Lipinski definition) is 6. The summed E-state index contributed by atoms with van der Waals surface area (Å²) >= 11 is 0. The number of carbonyl (C=O) groups is 1. The van der Waals surface area contributed by atoms with Gasteiger partial charge in [0.25, 0.3) is 11.8 Å². The first-order valence-corrected chi connectivity index (χ1v) is 11.2. The van der Waals surface area contributed by atoms with Crippen molar-refractivity contribution in [2.45, 2.75) is 33.1 Å². The molecule has 1 aromatic carbocycles. The predicted octanol–water partition coefficient (Wildman–Crippen LogP) is 4.03. The summed E-state index contributed by atoms with van der Waals surface area (Å²) in [7, 11) is 0. The Bertz CT molecular complexity index is 1250. The minimum Gasteiger partial charge on any atom is -0.339 e. The Morgan fingerprint density at radius 1 is 1.12 bits per heavy atom. The van der Waals surface area contributed by atoms with Gasteiger partial charge in [0.1, 0.15) is 0 Å². The number of piperidine rings is 1. The summed E-state index contributed by atoms with van der Waals surface area (Å²) in [4.78, 5) is 23.9. The minimum absolute atomic E-state index is 0.0283. The quantitative estimate of drug-likeness (QED) is 0.464. The maximum absolute atomic E-state index is 13.2. The van der Waals surface area contributed by atoms with E-state index in [9.17, 15) is 4.79 Å². The van der Waals surface area contributed by atoms with Gasteiger partial charge in [-0.05, 0) is 56.7 Å². The molecule has 0 saturated carbocycles. The lowest BCUT2D eigenvalue weighted by atomic mass is 9.90. The molecular formula is C25H26N6O2. The highest BCUT2D eigenvalue weighted by Crippen LogP contribution is 2.25. The van der Waals surface area contributed by atoms with Crippen molar-refractivity contribution in [3.63, 3.8) is 0 Å². The fraction of sp³-hybridized carbons (Fsp3) is 0.320. The molecule has 0 aliphatic carbocycles. The Labute approximate surface area is 192 Å². The molecule has 8 heteroatoms. The van der Waals surface area contributed by atoms with Gasteiger partial charge in [-0.1, -0.05) is 35.5 Å². The molecule has 0 unspecified atom stereocenters. The van der Waals surface area contributed by atoms with Gasteiger partial charge in [-0.3, -0.25) is 4.79 Å². The Morgan fingerprint density at radius 3 is 2.64 bits per heavy atom. The topological polar surface area (TPSA) is 89.9 Å². The molecule has 4 aromatic rings. The van der Waals surface area contributed by atoms with Gasteiger partial charge in [-0.2, -0.15) is 10.1 Å². The summed E-state index contributed by atoms with van der Waals surface area (Å²) in [5.41, 5.74) is 3.49. The van der Waals surface area contributed by atoms with Crippen LogP contribution in [0.5, 0.6) is 0 Å². The van der Waals surface area contributed by atoms with Crippen LogP contribution in [0.25, 0.3) is 17.3 Å². The van der Waals surface area contributed by atoms with Crippen molar-refractivity contribution in [1.29, 1.82) is 0 Å². The van der Waals surface area contributed by atoms with E-state index >= 15 is 0 Å². The number of benzene rings is 1. The van der Waals surface area contributed by atoms with Crippen LogP contribution in [0.4, 0.5) is 0 Å². The van der Waals surface area contributed by atoms with E-state index in [1.165, 1.54) is 5.56 Å². The lowest BCUT2D eigenvalue weighted by molar-refractivity contribution is 0.0690. The monoisotopic (exact) mass is 442 g/mol. The summed E-state index contributed by atoms with van der Waals surface area (Å²) in [6, 6.07) is 14.2. The van der Waals surface area contributed by atoms with Crippen LogP contribution in [-0.2, 0) is 6.42 Å². The molecule has 8 nitrogen and oxygen atoms in total. The minimum atomic E-state index is 0.0283. The SMILES string of the molecule is Cc1noc(-c2ccnc(-n3ncc(C(=O)N4CCC(Cc5ccccc5)CC4)c3C)c2)n1. The van der Waals surface area contributed by atoms with Crippen molar-refractivity contribution in [2.75, 3.05) is 13.1 Å². The van der Waals surface area contributed by atoms with Crippen LogP contribution in [0.3, 0.4) is 0 Å². The second kappa shape index (κ2) is 8.97. The van der Waals surface area contributed by atoms with Gasteiger partial charge < -0.3 is 9.42 Å². The Balaban J connectivity index is 1.28. The van der Waals surface area contributed by atoms with Gasteiger partial charge in [0.05, 0.1) is 17.5 Å². The molecule has 0 radical (unpaired) electrons. The molecule has 1 fully saturated rings. The molecule has 33 heavy (non-hydrogen) atoms. The first kappa shape index (κ1) is 21.1. The van der Waals surface area contributed by atoms with Gasteiger partial charge >= 0.3 is 0 Å². The normalized spacial score (nSPS) is 14.5. The molecule has 1 saturated heterocycles. The van der Waals surface area contributed by atoms with Crippen molar-refractivity contribution < 1.29 is 9.32 Å². The van der Waals surface area contributed by atoms with Crippen LogP contribution in [0.15, 0.2) is 59.4 Å². The number of hydrogen-bond donors (Lipinski definition) is 0. The predicted molar refractivity (Wildman–Crippen MR) is 123 cm³/mol. The van der Waals surface area contributed by atoms with Crippen LogP contribution in [-0.4, -0.2) is 48.8 Å². The van der Waals surface area contributed by atoms with Crippen LogP contribution in [0, 0.1) is 19.8 Å². The third-order valence-electron chi connectivity index (χ3n) is 6.25. The van der Waals surface area contributed by atoms with Crippen LogP contribution in [0.1, 0.15) is 40.3 Å². The molecule has 1 aliphatic heterocycles. The Morgan fingerprint density at radius 2 is 1.91 bits per heavy atom. The van der Waals surface area contributed by atoms with E-state index in [1.54, 1.807) is 30.1 Å². The molecule has 1 amide bonds. The van der Waals surface area contributed by atoms with Crippen molar-refractivity contribution in [1.82, 2.24) is 29.8 Å². The van der Waals surface area contributed by atoms with E-state index in [-0.39, 0.29) is 5.91 Å². The second-order valence-electron chi connectivity index (χ2n) is 8.53. The highest BCUT2D eigenvalue weighted by molar-refractivity contribution is 5.95. The smallest absolute Gasteiger partial charge is 0.258 e. The van der Waals surface area contributed by atoms with Crippen molar-refractivity contribution in [3.8, 4) is 17.3 Å². The van der Waals surface area contributed by atoms with Gasteiger partial charge in [0.2, 0.25) is 0 Å². The maximum atomic E-state index is 13.2. The lowest BCUT2D eigenvalue weighted by Gasteiger charge is -2.32. The van der Waals surface area contributed by atoms with Crippen molar-refractivity contribution in [2.24, 2.45) is 5.92 Å². The van der Waals surface area contributed by atoms with E-state index in [4.69, 9.17) is 4.52 Å². The highest BCUT2D eigenvalue weighted by Gasteiger charge is 2.26. The van der Waals surface area contributed by atoms with Crippen LogP contribution < -0.4 is 0 Å². The molecule has 3 aromatic heterocycles. The first-order valence-electron chi connectivity index (χ1n) is 11.2. The fourth-order valence-electron chi connectivity index (χ4n) is 4.39. The van der Waals surface area contributed by atoms with Gasteiger partial charge in [-0.15, -0.1) is 0 Å². The summed E-state index contributed by atoms with van der Waals surface area (Å²) in [5, 5.41) is 8.29. The molecule has 0 N–H and O–H groups in total. The van der Waals surface area contributed by atoms with Gasteiger partial charge in [-0.25, -0.2) is 9.67 Å². The van der Waals surface area contributed by atoms with E-state index < -0.39 is 0 Å². The van der Waals surface area contributed by atoms with Crippen molar-refractivity contribution in [3.05, 3.63) is 77.5 Å². The average Bonchev–Trinajstić information content (AvgIpc) is 3.45. The van der Waals surface area contributed by atoms with E-state index in [1.807, 2.05) is 24.0 Å². The zero-order valence-corrected chi connectivity index (χ0v) is 18.8. The Hall–Kier alpha value is -3.81. The van der Waals surface area contributed by atoms with Crippen LogP contribution >= 0.6 is 0 Å². The van der Waals surface area contributed by atoms with Crippen LogP contribution in [0.2, 0.25) is 0 Å². The fourth-order valence-corrected chi connectivity index (χ4v) is 4.39. The molecule has 4 heterocycles. The zero-order valence-electron chi connectivity index (χ0n) is 18.8. The first-order chi connectivity index (χ1) is 16.1. The Kier molecular flexibility index (Phi) is 5.73. The molecule has 0 spiro atoms. The molecule has 168 valence electrons. The number of pyridine rings is 1. The molecule has 1 aliphatic rings. The van der Waals surface area contributed by atoms with E-state index in [2.05, 4.69) is 44.5 Å². The highest BCUT2D eigenvalue weighted by atomic mass is 16.5. The third kappa shape index (κ3) is 4.41. The number of nitrogens with zero attached hydrogens (tertiary/aromatic N) is 6. The third-order valence-corrected chi connectivity index (χ3v) is 6.25. The summed E-state index contributed by atoms with van der Waals surface area (Å²) in [6.45, 7) is 5.21. The van der Waals surface area contributed by atoms with Crippen molar-refractivity contribution >= 4 is 5.91 Å². The number of aryl methyl sites for hydroxylation is 1. The summed E-state index contributed by atoms with van der Waals surface area (Å²) < 4.78 is 6.94. The molecular weight excluding hydrogens is 416 g/mol. The number of rotatable bonds is 5. The molecule has 0 atom stereocenters. The molecule has 5 rings (SSSR count). The lowest BCUT2D eigenvalue weighted by Crippen LogP contribution is -2.39. The largest absolute Gasteiger partial charge is 0.339 e. The van der Waals surface area contributed by atoms with Gasteiger partial charge in [0.15, 0.2) is 11.6 Å². The number of amides is 1. The zero-order chi connectivity index (χ0) is 22.8. The second-order valence-corrected chi connectivity index (χ2v) is 8.53.